The van der Waals surface area contributed by atoms with Crippen molar-refractivity contribution in [1.29, 1.82) is 0 Å². The fourth-order valence-electron chi connectivity index (χ4n) is 1.78. The van der Waals surface area contributed by atoms with Gasteiger partial charge in [0, 0.05) is 19.2 Å². The smallest absolute Gasteiger partial charge is 0.0897 e. The molecule has 0 rings (SSSR count). The maximum atomic E-state index is 9.68. The lowest BCUT2D eigenvalue weighted by atomic mass is 10.2. The molecule has 0 heterocycles. The van der Waals surface area contributed by atoms with E-state index in [1.807, 2.05) is 0 Å². The van der Waals surface area contributed by atoms with Crippen LogP contribution in [0.15, 0.2) is 0 Å². The summed E-state index contributed by atoms with van der Waals surface area (Å²) in [5.41, 5.74) is 0. The molecule has 0 saturated heterocycles. The molecule has 2 N–H and O–H groups in total. The van der Waals surface area contributed by atoms with Crippen LogP contribution in [0.25, 0.3) is 0 Å². The van der Waals surface area contributed by atoms with Crippen molar-refractivity contribution in [3.8, 4) is 0 Å². The minimum atomic E-state index is -0.375. The van der Waals surface area contributed by atoms with E-state index in [-0.39, 0.29) is 6.10 Å². The second-order valence-corrected chi connectivity index (χ2v) is 4.89. The molecular weight excluding hydrogens is 214 g/mol. The summed E-state index contributed by atoms with van der Waals surface area (Å²) in [5.74, 6) is 0. The lowest BCUT2D eigenvalue weighted by Crippen LogP contribution is -2.35. The monoisotopic (exact) mass is 245 g/mol. The van der Waals surface area contributed by atoms with Crippen molar-refractivity contribution in [1.82, 2.24) is 5.32 Å². The van der Waals surface area contributed by atoms with Crippen LogP contribution in [0.5, 0.6) is 0 Å². The number of unbranched alkanes of at least 4 members (excludes halogenated alkanes) is 3. The summed E-state index contributed by atoms with van der Waals surface area (Å²) in [6.07, 6.45) is 6.84. The van der Waals surface area contributed by atoms with E-state index in [0.717, 1.165) is 19.4 Å². The van der Waals surface area contributed by atoms with E-state index in [1.165, 1.54) is 25.7 Å². The normalized spacial score (nSPS) is 14.8. The van der Waals surface area contributed by atoms with Crippen molar-refractivity contribution in [2.75, 3.05) is 19.8 Å². The third kappa shape index (κ3) is 12.1. The lowest BCUT2D eigenvalue weighted by molar-refractivity contribution is 0.0342. The van der Waals surface area contributed by atoms with Crippen LogP contribution in [0.3, 0.4) is 0 Å². The summed E-state index contributed by atoms with van der Waals surface area (Å²) < 4.78 is 5.44. The van der Waals surface area contributed by atoms with E-state index in [4.69, 9.17) is 4.74 Å². The van der Waals surface area contributed by atoms with E-state index in [9.17, 15) is 5.11 Å². The average Bonchev–Trinajstić information content (AvgIpc) is 2.31. The van der Waals surface area contributed by atoms with Crippen molar-refractivity contribution in [2.45, 2.75) is 71.4 Å². The van der Waals surface area contributed by atoms with Crippen molar-refractivity contribution < 1.29 is 9.84 Å². The number of nitrogens with one attached hydrogen (secondary N) is 1. The van der Waals surface area contributed by atoms with Gasteiger partial charge in [0.25, 0.3) is 0 Å². The molecular formula is C14H31NO2. The molecule has 0 aliphatic carbocycles. The predicted octanol–water partition coefficient (Wildman–Crippen LogP) is 2.72. The summed E-state index contributed by atoms with van der Waals surface area (Å²) in [7, 11) is 0. The minimum Gasteiger partial charge on any atom is -0.389 e. The molecule has 0 aliphatic heterocycles. The zero-order valence-electron chi connectivity index (χ0n) is 11.9. The van der Waals surface area contributed by atoms with Gasteiger partial charge < -0.3 is 15.2 Å². The fraction of sp³-hybridized carbons (Fsp3) is 1.00. The molecule has 2 unspecified atom stereocenters. The van der Waals surface area contributed by atoms with Crippen LogP contribution in [0.2, 0.25) is 0 Å². The maximum Gasteiger partial charge on any atom is 0.0897 e. The molecule has 104 valence electrons. The van der Waals surface area contributed by atoms with Crippen LogP contribution in [-0.2, 0) is 4.74 Å². The van der Waals surface area contributed by atoms with Gasteiger partial charge in [0.1, 0.15) is 0 Å². The first kappa shape index (κ1) is 16.9. The Hall–Kier alpha value is -0.120. The highest BCUT2D eigenvalue weighted by atomic mass is 16.5. The molecule has 0 saturated carbocycles. The van der Waals surface area contributed by atoms with Crippen LogP contribution in [0, 0.1) is 0 Å². The molecule has 3 heteroatoms. The summed E-state index contributed by atoms with van der Waals surface area (Å²) in [6.45, 7) is 8.40. The van der Waals surface area contributed by atoms with Crippen molar-refractivity contribution in [3.63, 3.8) is 0 Å². The second kappa shape index (κ2) is 12.3. The van der Waals surface area contributed by atoms with Crippen molar-refractivity contribution in [3.05, 3.63) is 0 Å². The van der Waals surface area contributed by atoms with Crippen LogP contribution in [0.4, 0.5) is 0 Å². The highest BCUT2D eigenvalue weighted by Gasteiger charge is 2.06. The molecule has 0 spiro atoms. The summed E-state index contributed by atoms with van der Waals surface area (Å²) in [4.78, 5) is 0. The Bertz CT molecular complexity index is 153. The van der Waals surface area contributed by atoms with Crippen LogP contribution in [-0.4, -0.2) is 37.0 Å². The number of hydrogen-bond donors (Lipinski definition) is 2. The number of aliphatic hydroxyl groups excluding tert-OH is 1. The second-order valence-electron chi connectivity index (χ2n) is 4.89. The van der Waals surface area contributed by atoms with E-state index >= 15 is 0 Å². The summed E-state index contributed by atoms with van der Waals surface area (Å²) >= 11 is 0. The molecule has 0 fully saturated rings. The number of ether oxygens (including phenoxy) is 1. The third-order valence-electron chi connectivity index (χ3n) is 2.88. The topological polar surface area (TPSA) is 41.5 Å². The third-order valence-corrected chi connectivity index (χ3v) is 2.88. The molecule has 0 aromatic heterocycles. The maximum absolute atomic E-state index is 9.68. The Kier molecular flexibility index (Phi) is 12.3. The van der Waals surface area contributed by atoms with E-state index < -0.39 is 0 Å². The molecule has 0 radical (unpaired) electrons. The van der Waals surface area contributed by atoms with Gasteiger partial charge in [-0.05, 0) is 19.8 Å². The zero-order valence-corrected chi connectivity index (χ0v) is 11.9. The Morgan fingerprint density at radius 2 is 1.88 bits per heavy atom. The van der Waals surface area contributed by atoms with Crippen LogP contribution >= 0.6 is 0 Å². The molecule has 0 aromatic carbocycles. The van der Waals surface area contributed by atoms with E-state index in [1.54, 1.807) is 0 Å². The van der Waals surface area contributed by atoms with Gasteiger partial charge in [-0.1, -0.05) is 39.5 Å². The first-order valence-corrected chi connectivity index (χ1v) is 7.19. The van der Waals surface area contributed by atoms with Crippen LogP contribution < -0.4 is 5.32 Å². The van der Waals surface area contributed by atoms with Gasteiger partial charge in [0.15, 0.2) is 0 Å². The average molecular weight is 245 g/mol. The van der Waals surface area contributed by atoms with E-state index in [0.29, 0.717) is 19.2 Å². The van der Waals surface area contributed by atoms with Gasteiger partial charge in [-0.15, -0.1) is 0 Å². The van der Waals surface area contributed by atoms with Crippen molar-refractivity contribution in [2.24, 2.45) is 0 Å². The van der Waals surface area contributed by atoms with Crippen molar-refractivity contribution >= 4 is 0 Å². The lowest BCUT2D eigenvalue weighted by Gasteiger charge is -2.16. The van der Waals surface area contributed by atoms with Gasteiger partial charge in [0.05, 0.1) is 12.7 Å². The molecule has 0 aliphatic rings. The van der Waals surface area contributed by atoms with Gasteiger partial charge in [-0.25, -0.2) is 0 Å². The quantitative estimate of drug-likeness (QED) is 0.519. The first-order valence-electron chi connectivity index (χ1n) is 7.19. The molecule has 0 aromatic rings. The molecule has 0 amide bonds. The Morgan fingerprint density at radius 1 is 1.12 bits per heavy atom. The Balaban J connectivity index is 3.25. The Morgan fingerprint density at radius 3 is 2.53 bits per heavy atom. The first-order chi connectivity index (χ1) is 8.20. The minimum absolute atomic E-state index is 0.375. The van der Waals surface area contributed by atoms with Gasteiger partial charge in [-0.2, -0.15) is 0 Å². The molecule has 3 nitrogen and oxygen atoms in total. The SMILES string of the molecule is CCCCCCOCC(O)CNC(C)CCC. The highest BCUT2D eigenvalue weighted by Crippen LogP contribution is 1.99. The summed E-state index contributed by atoms with van der Waals surface area (Å²) in [6, 6.07) is 0.485. The number of hydrogen-bond acceptors (Lipinski definition) is 3. The van der Waals surface area contributed by atoms with Crippen LogP contribution in [0.1, 0.15) is 59.3 Å². The molecule has 0 bridgehead atoms. The van der Waals surface area contributed by atoms with Gasteiger partial charge in [0.2, 0.25) is 0 Å². The highest BCUT2D eigenvalue weighted by molar-refractivity contribution is 4.64. The number of rotatable bonds is 12. The standard InChI is InChI=1S/C14H31NO2/c1-4-6-7-8-10-17-12-14(16)11-15-13(3)9-5-2/h13-16H,4-12H2,1-3H3. The van der Waals surface area contributed by atoms with E-state index in [2.05, 4.69) is 26.1 Å². The largest absolute Gasteiger partial charge is 0.389 e. The Labute approximate surface area is 107 Å². The molecule has 2 atom stereocenters. The summed E-state index contributed by atoms with van der Waals surface area (Å²) in [5, 5.41) is 13.0. The molecule has 17 heavy (non-hydrogen) atoms. The fourth-order valence-corrected chi connectivity index (χ4v) is 1.78. The predicted molar refractivity (Wildman–Crippen MR) is 73.3 cm³/mol. The number of aliphatic hydroxyl groups is 1. The van der Waals surface area contributed by atoms with Gasteiger partial charge in [-0.3, -0.25) is 0 Å². The zero-order chi connectivity index (χ0) is 12.9. The van der Waals surface area contributed by atoms with Gasteiger partial charge >= 0.3 is 0 Å².